The maximum atomic E-state index is 12.6. The highest BCUT2D eigenvalue weighted by Gasteiger charge is 2.47. The van der Waals surface area contributed by atoms with E-state index in [4.69, 9.17) is 0 Å². The Morgan fingerprint density at radius 1 is 0.963 bits per heavy atom. The molecule has 3 amide bonds. The van der Waals surface area contributed by atoms with E-state index in [-0.39, 0.29) is 35.5 Å². The summed E-state index contributed by atoms with van der Waals surface area (Å²) in [5.41, 5.74) is 0.814. The molecule has 2 aliphatic heterocycles. The van der Waals surface area contributed by atoms with E-state index in [0.717, 1.165) is 31.6 Å². The number of amides is 3. The molecule has 0 saturated carbocycles. The maximum absolute atomic E-state index is 12.6. The lowest BCUT2D eigenvalue weighted by Crippen LogP contribution is -2.46. The molecule has 2 saturated heterocycles. The number of piperidine rings is 1. The molecule has 2 fully saturated rings. The second-order valence-electron chi connectivity index (χ2n) is 7.65. The summed E-state index contributed by atoms with van der Waals surface area (Å²) in [4.78, 5) is 41.2. The van der Waals surface area contributed by atoms with Gasteiger partial charge in [0.1, 0.15) is 0 Å². The number of rotatable bonds is 4. The van der Waals surface area contributed by atoms with Crippen LogP contribution in [0.5, 0.6) is 0 Å². The monoisotopic (exact) mass is 367 g/mol. The highest BCUT2D eigenvalue weighted by atomic mass is 16.2. The molecule has 6 heteroatoms. The van der Waals surface area contributed by atoms with E-state index in [1.54, 1.807) is 0 Å². The molecule has 2 heterocycles. The molecule has 27 heavy (non-hydrogen) atoms. The number of anilines is 1. The van der Waals surface area contributed by atoms with Crippen molar-refractivity contribution in [2.45, 2.75) is 25.7 Å². The molecule has 1 aromatic carbocycles. The van der Waals surface area contributed by atoms with Gasteiger partial charge in [-0.1, -0.05) is 30.4 Å². The van der Waals surface area contributed by atoms with E-state index in [1.165, 1.54) is 4.90 Å². The number of allylic oxidation sites excluding steroid dienone is 2. The fourth-order valence-corrected chi connectivity index (χ4v) is 4.31. The number of hydrogen-bond donors (Lipinski definition) is 1. The summed E-state index contributed by atoms with van der Waals surface area (Å²) in [7, 11) is 0. The largest absolute Gasteiger partial charge is 0.326 e. The zero-order chi connectivity index (χ0) is 18.8. The number of likely N-dealkylation sites (tertiary alicyclic amines) is 2. The lowest BCUT2D eigenvalue weighted by molar-refractivity contribution is -0.143. The van der Waals surface area contributed by atoms with Gasteiger partial charge in [-0.3, -0.25) is 24.2 Å². The zero-order valence-corrected chi connectivity index (χ0v) is 15.3. The van der Waals surface area contributed by atoms with Crippen molar-refractivity contribution in [2.75, 3.05) is 25.1 Å². The zero-order valence-electron chi connectivity index (χ0n) is 15.3. The van der Waals surface area contributed by atoms with Crippen LogP contribution in [0.3, 0.4) is 0 Å². The number of nitrogens with zero attached hydrogens (tertiary/aromatic N) is 2. The van der Waals surface area contributed by atoms with Crippen molar-refractivity contribution in [3.05, 3.63) is 42.5 Å². The van der Waals surface area contributed by atoms with Crippen LogP contribution in [0.4, 0.5) is 5.69 Å². The fourth-order valence-electron chi connectivity index (χ4n) is 4.31. The molecule has 0 aromatic heterocycles. The van der Waals surface area contributed by atoms with E-state index in [0.29, 0.717) is 19.5 Å². The summed E-state index contributed by atoms with van der Waals surface area (Å²) >= 11 is 0. The van der Waals surface area contributed by atoms with Crippen molar-refractivity contribution in [2.24, 2.45) is 17.8 Å². The molecule has 142 valence electrons. The summed E-state index contributed by atoms with van der Waals surface area (Å²) in [6, 6.07) is 9.48. The lowest BCUT2D eigenvalue weighted by atomic mass is 9.85. The summed E-state index contributed by atoms with van der Waals surface area (Å²) in [5, 5.41) is 2.96. The number of nitrogens with one attached hydrogen (secondary N) is 1. The topological polar surface area (TPSA) is 69.7 Å². The number of para-hydroxylation sites is 1. The number of carbonyl (C=O) groups excluding carboxylic acids is 3. The van der Waals surface area contributed by atoms with Crippen LogP contribution in [0.25, 0.3) is 0 Å². The van der Waals surface area contributed by atoms with E-state index in [9.17, 15) is 14.4 Å². The van der Waals surface area contributed by atoms with E-state index < -0.39 is 0 Å². The first kappa shape index (κ1) is 17.9. The van der Waals surface area contributed by atoms with Crippen LogP contribution in [0.15, 0.2) is 42.5 Å². The van der Waals surface area contributed by atoms with Crippen LogP contribution < -0.4 is 5.32 Å². The van der Waals surface area contributed by atoms with Gasteiger partial charge in [0.25, 0.3) is 0 Å². The summed E-state index contributed by atoms with van der Waals surface area (Å²) in [6.07, 6.45) is 6.84. The molecule has 2 atom stereocenters. The van der Waals surface area contributed by atoms with Gasteiger partial charge < -0.3 is 5.32 Å². The average Bonchev–Trinajstić information content (AvgIpc) is 2.94. The van der Waals surface area contributed by atoms with Gasteiger partial charge in [0.15, 0.2) is 0 Å². The van der Waals surface area contributed by atoms with Crippen molar-refractivity contribution < 1.29 is 14.4 Å². The normalized spacial score (nSPS) is 26.3. The Hall–Kier alpha value is -2.47. The Morgan fingerprint density at radius 2 is 1.56 bits per heavy atom. The van der Waals surface area contributed by atoms with Gasteiger partial charge in [0.05, 0.1) is 18.5 Å². The quantitative estimate of drug-likeness (QED) is 0.655. The van der Waals surface area contributed by atoms with Gasteiger partial charge in [0.2, 0.25) is 17.7 Å². The molecule has 0 bridgehead atoms. The molecule has 1 aliphatic carbocycles. The number of carbonyl (C=O) groups is 3. The third-order valence-electron chi connectivity index (χ3n) is 5.94. The molecule has 6 nitrogen and oxygen atoms in total. The second-order valence-corrected chi connectivity index (χ2v) is 7.65. The second kappa shape index (κ2) is 7.64. The van der Waals surface area contributed by atoms with Crippen molar-refractivity contribution in [1.29, 1.82) is 0 Å². The first-order valence-corrected chi connectivity index (χ1v) is 9.72. The Labute approximate surface area is 159 Å². The smallest absolute Gasteiger partial charge is 0.234 e. The highest BCUT2D eigenvalue weighted by Crippen LogP contribution is 2.35. The molecule has 0 spiro atoms. The number of hydrogen-bond acceptors (Lipinski definition) is 4. The van der Waals surface area contributed by atoms with Crippen LogP contribution in [0, 0.1) is 17.8 Å². The number of imide groups is 1. The predicted octanol–water partition coefficient (Wildman–Crippen LogP) is 2.25. The molecule has 4 rings (SSSR count). The summed E-state index contributed by atoms with van der Waals surface area (Å²) < 4.78 is 0. The van der Waals surface area contributed by atoms with Gasteiger partial charge in [-0.2, -0.15) is 0 Å². The predicted molar refractivity (Wildman–Crippen MR) is 101 cm³/mol. The van der Waals surface area contributed by atoms with E-state index >= 15 is 0 Å². The van der Waals surface area contributed by atoms with Crippen LogP contribution in [-0.2, 0) is 14.4 Å². The molecule has 1 aromatic rings. The van der Waals surface area contributed by atoms with Gasteiger partial charge in [-0.15, -0.1) is 0 Å². The molecular weight excluding hydrogens is 342 g/mol. The van der Waals surface area contributed by atoms with Crippen molar-refractivity contribution >= 4 is 23.4 Å². The SMILES string of the molecule is O=C(Nc1ccccc1)C1CCN(CN2C(=O)[C@H]3CC=CC[C@@H]3C2=O)CC1. The van der Waals surface area contributed by atoms with Crippen LogP contribution >= 0.6 is 0 Å². The van der Waals surface area contributed by atoms with Gasteiger partial charge >= 0.3 is 0 Å². The Kier molecular flexibility index (Phi) is 5.07. The van der Waals surface area contributed by atoms with Gasteiger partial charge in [-0.25, -0.2) is 0 Å². The van der Waals surface area contributed by atoms with Crippen LogP contribution in [0.1, 0.15) is 25.7 Å². The van der Waals surface area contributed by atoms with E-state index in [2.05, 4.69) is 10.2 Å². The standard InChI is InChI=1S/C21H25N3O3/c25-19(22-16-6-2-1-3-7-16)15-10-12-23(13-11-15)14-24-20(26)17-8-4-5-9-18(17)21(24)27/h1-7,15,17-18H,8-14H2,(H,22,25)/t17-,18-/m0/s1. The summed E-state index contributed by atoms with van der Waals surface area (Å²) in [6.45, 7) is 1.80. The minimum Gasteiger partial charge on any atom is -0.326 e. The lowest BCUT2D eigenvalue weighted by Gasteiger charge is -2.33. The first-order chi connectivity index (χ1) is 13.1. The fraction of sp³-hybridized carbons (Fsp3) is 0.476. The van der Waals surface area contributed by atoms with Gasteiger partial charge in [-0.05, 0) is 37.8 Å². The molecule has 1 N–H and O–H groups in total. The Bertz CT molecular complexity index is 727. The van der Waals surface area contributed by atoms with Crippen LogP contribution in [0.2, 0.25) is 0 Å². The molecule has 3 aliphatic rings. The van der Waals surface area contributed by atoms with Crippen LogP contribution in [-0.4, -0.2) is 47.3 Å². The third-order valence-corrected chi connectivity index (χ3v) is 5.94. The van der Waals surface area contributed by atoms with E-state index in [1.807, 2.05) is 42.5 Å². The molecular formula is C21H25N3O3. The third kappa shape index (κ3) is 3.67. The number of benzene rings is 1. The minimum atomic E-state index is -0.170. The first-order valence-electron chi connectivity index (χ1n) is 9.72. The van der Waals surface area contributed by atoms with Crippen molar-refractivity contribution in [1.82, 2.24) is 9.80 Å². The minimum absolute atomic E-state index is 0.0294. The Balaban J connectivity index is 1.29. The highest BCUT2D eigenvalue weighted by molar-refractivity contribution is 6.05. The average molecular weight is 367 g/mol. The maximum Gasteiger partial charge on any atom is 0.234 e. The molecule has 0 radical (unpaired) electrons. The Morgan fingerprint density at radius 3 is 2.15 bits per heavy atom. The summed E-state index contributed by atoms with van der Waals surface area (Å²) in [5.74, 6) is -0.380. The van der Waals surface area contributed by atoms with Gasteiger partial charge in [0, 0.05) is 24.7 Å². The van der Waals surface area contributed by atoms with Crippen molar-refractivity contribution in [3.63, 3.8) is 0 Å². The molecule has 0 unspecified atom stereocenters. The van der Waals surface area contributed by atoms with Crippen molar-refractivity contribution in [3.8, 4) is 0 Å². The number of fused-ring (bicyclic) bond motifs is 1.